The summed E-state index contributed by atoms with van der Waals surface area (Å²) in [7, 11) is 0. The molecule has 4 aliphatic rings. The first-order valence-electron chi connectivity index (χ1n) is 25.1. The van der Waals surface area contributed by atoms with Crippen LogP contribution in [-0.2, 0) is 0 Å². The topological polar surface area (TPSA) is 43.4 Å². The Hall–Kier alpha value is -9.65. The lowest BCUT2D eigenvalue weighted by Crippen LogP contribution is -2.64. The molecule has 0 saturated carbocycles. The molecule has 11 aromatic rings. The van der Waals surface area contributed by atoms with Gasteiger partial charge >= 0.3 is 0 Å². The standard InChI is InChI=1S/C66H42B2N2O4/c1-7-23-43(24-8-1)59-63-65(73-57-41-49(71-47-31-15-5-16-32-47)39-55-61(57)67(63)51-35-19-21-37-53(51)69(55)45-27-11-3-12-28-45)60(44-25-9-2-10-26-44)66-64(59)68-52-36-20-22-38-54(52)70(46-29-13-4-14-30-46)56-40-50(42-58(74-66)62(56)68)72-48-33-17-6-18-34-48/h1-42H. The fraction of sp³-hybridized carbons (Fsp3) is 0. The summed E-state index contributed by atoms with van der Waals surface area (Å²) in [6.45, 7) is -0.563. The van der Waals surface area contributed by atoms with E-state index in [1.807, 2.05) is 60.7 Å². The van der Waals surface area contributed by atoms with Crippen molar-refractivity contribution in [1.82, 2.24) is 0 Å². The molecule has 0 radical (unpaired) electrons. The van der Waals surface area contributed by atoms with E-state index in [0.29, 0.717) is 11.5 Å². The Kier molecular flexibility index (Phi) is 9.67. The van der Waals surface area contributed by atoms with Crippen molar-refractivity contribution < 1.29 is 18.9 Å². The highest BCUT2D eigenvalue weighted by Gasteiger charge is 2.51. The van der Waals surface area contributed by atoms with E-state index < -0.39 is 0 Å². The minimum atomic E-state index is -0.282. The fourth-order valence-electron chi connectivity index (χ4n) is 11.9. The first-order chi connectivity index (χ1) is 36.7. The van der Waals surface area contributed by atoms with Crippen molar-refractivity contribution in [3.8, 4) is 68.2 Å². The van der Waals surface area contributed by atoms with Crippen LogP contribution in [-0.4, -0.2) is 13.4 Å². The molecule has 4 heterocycles. The Morgan fingerprint density at radius 3 is 1.07 bits per heavy atom. The molecule has 0 unspecified atom stereocenters. The summed E-state index contributed by atoms with van der Waals surface area (Å²) in [6, 6.07) is 88.9. The molecule has 74 heavy (non-hydrogen) atoms. The minimum Gasteiger partial charge on any atom is -0.457 e. The van der Waals surface area contributed by atoms with Crippen molar-refractivity contribution in [1.29, 1.82) is 0 Å². The van der Waals surface area contributed by atoms with Gasteiger partial charge in [0.25, 0.3) is 13.4 Å². The molecule has 0 bridgehead atoms. The highest BCUT2D eigenvalue weighted by atomic mass is 16.5. The van der Waals surface area contributed by atoms with E-state index in [2.05, 4.69) is 204 Å². The summed E-state index contributed by atoms with van der Waals surface area (Å²) in [5.74, 6) is 5.73. The Labute approximate surface area is 430 Å². The smallest absolute Gasteiger partial charge is 0.257 e. The second-order valence-corrected chi connectivity index (χ2v) is 19.0. The van der Waals surface area contributed by atoms with Crippen LogP contribution in [0.5, 0.6) is 46.0 Å². The lowest BCUT2D eigenvalue weighted by molar-refractivity contribution is 0.454. The van der Waals surface area contributed by atoms with Gasteiger partial charge in [-0.3, -0.25) is 0 Å². The van der Waals surface area contributed by atoms with Crippen LogP contribution in [0, 0.1) is 0 Å². The minimum absolute atomic E-state index is 0.282. The molecule has 346 valence electrons. The number of ether oxygens (including phenoxy) is 4. The molecule has 6 nitrogen and oxygen atoms in total. The zero-order valence-electron chi connectivity index (χ0n) is 39.9. The van der Waals surface area contributed by atoms with Gasteiger partial charge in [0.1, 0.15) is 46.0 Å². The van der Waals surface area contributed by atoms with Crippen LogP contribution in [0.4, 0.5) is 34.1 Å². The van der Waals surface area contributed by atoms with Crippen LogP contribution >= 0.6 is 0 Å². The van der Waals surface area contributed by atoms with Gasteiger partial charge in [0, 0.05) is 58.4 Å². The predicted octanol–water partition coefficient (Wildman–Crippen LogP) is 13.4. The Bertz CT molecular complexity index is 3760. The molecule has 8 heteroatoms. The van der Waals surface area contributed by atoms with E-state index in [4.69, 9.17) is 18.9 Å². The van der Waals surface area contributed by atoms with Crippen molar-refractivity contribution in [2.45, 2.75) is 0 Å². The van der Waals surface area contributed by atoms with E-state index in [-0.39, 0.29) is 13.4 Å². The third-order valence-electron chi connectivity index (χ3n) is 14.8. The second kappa shape index (κ2) is 17.0. The quantitative estimate of drug-likeness (QED) is 0.141. The maximum absolute atomic E-state index is 7.74. The molecule has 0 fully saturated rings. The molecule has 0 saturated heterocycles. The molecule has 0 N–H and O–H groups in total. The molecule has 0 spiro atoms. The number of rotatable bonds is 8. The molecule has 0 atom stereocenters. The van der Waals surface area contributed by atoms with Crippen molar-refractivity contribution >= 4 is 80.3 Å². The van der Waals surface area contributed by atoms with Gasteiger partial charge in [-0.25, -0.2) is 0 Å². The van der Waals surface area contributed by atoms with E-state index in [9.17, 15) is 0 Å². The molecule has 11 aromatic carbocycles. The monoisotopic (exact) mass is 948 g/mol. The van der Waals surface area contributed by atoms with Crippen molar-refractivity contribution in [2.24, 2.45) is 0 Å². The van der Waals surface area contributed by atoms with Gasteiger partial charge in [0.15, 0.2) is 0 Å². The number of hydrogen-bond donors (Lipinski definition) is 0. The Balaban J connectivity index is 1.07. The van der Waals surface area contributed by atoms with Gasteiger partial charge in [-0.1, -0.05) is 170 Å². The number of anilines is 6. The maximum atomic E-state index is 7.74. The number of hydrogen-bond acceptors (Lipinski definition) is 6. The lowest BCUT2D eigenvalue weighted by Gasteiger charge is -2.44. The summed E-state index contributed by atoms with van der Waals surface area (Å²) in [4.78, 5) is 4.73. The average Bonchev–Trinajstić information content (AvgIpc) is 3.58. The van der Waals surface area contributed by atoms with Crippen molar-refractivity contribution in [3.05, 3.63) is 255 Å². The van der Waals surface area contributed by atoms with Crippen LogP contribution in [0.2, 0.25) is 0 Å². The van der Waals surface area contributed by atoms with Gasteiger partial charge in [-0.15, -0.1) is 0 Å². The largest absolute Gasteiger partial charge is 0.457 e. The zero-order chi connectivity index (χ0) is 48.7. The van der Waals surface area contributed by atoms with Gasteiger partial charge in [-0.2, -0.15) is 0 Å². The van der Waals surface area contributed by atoms with Crippen LogP contribution in [0.25, 0.3) is 22.3 Å². The maximum Gasteiger partial charge on any atom is 0.257 e. The van der Waals surface area contributed by atoms with Crippen LogP contribution in [0.15, 0.2) is 255 Å². The SMILES string of the molecule is c1ccc(Oc2cc3c4c(c2)N(c2ccccc2)c2ccccc2B4c2c(c(-c4ccccc4)c4c(c2-c2ccccc2)B2c5ccccc5N(c5ccccc5)c5cc(Oc6ccccc6)cc(c52)O4)O3)cc1. The highest BCUT2D eigenvalue weighted by molar-refractivity contribution is 7.03. The number of fused-ring (bicyclic) bond motifs is 8. The normalized spacial score (nSPS) is 13.0. The molecule has 15 rings (SSSR count). The van der Waals surface area contributed by atoms with E-state index in [0.717, 1.165) is 113 Å². The van der Waals surface area contributed by atoms with E-state index in [1.165, 1.54) is 10.9 Å². The highest BCUT2D eigenvalue weighted by Crippen LogP contribution is 2.52. The number of para-hydroxylation sites is 6. The van der Waals surface area contributed by atoms with E-state index >= 15 is 0 Å². The van der Waals surface area contributed by atoms with Crippen molar-refractivity contribution in [2.75, 3.05) is 9.80 Å². The molecule has 0 aliphatic carbocycles. The summed E-state index contributed by atoms with van der Waals surface area (Å²) in [6.07, 6.45) is 0. The molecular weight excluding hydrogens is 906 g/mol. The third-order valence-corrected chi connectivity index (χ3v) is 14.8. The third kappa shape index (κ3) is 6.62. The predicted molar refractivity (Wildman–Crippen MR) is 302 cm³/mol. The summed E-state index contributed by atoms with van der Waals surface area (Å²) >= 11 is 0. The molecule has 0 aromatic heterocycles. The van der Waals surface area contributed by atoms with E-state index in [1.54, 1.807) is 0 Å². The molecular formula is C66H42B2N2O4. The zero-order valence-corrected chi connectivity index (χ0v) is 39.9. The van der Waals surface area contributed by atoms with Gasteiger partial charge < -0.3 is 28.7 Å². The van der Waals surface area contributed by atoms with Gasteiger partial charge in [0.05, 0.1) is 5.56 Å². The first kappa shape index (κ1) is 42.1. The Morgan fingerprint density at radius 1 is 0.297 bits per heavy atom. The fourth-order valence-corrected chi connectivity index (χ4v) is 11.9. The Morgan fingerprint density at radius 2 is 0.649 bits per heavy atom. The molecule has 4 aliphatic heterocycles. The van der Waals surface area contributed by atoms with Gasteiger partial charge in [-0.05, 0) is 110 Å². The number of benzene rings is 11. The number of nitrogens with zero attached hydrogens (tertiary/aromatic N) is 2. The summed E-state index contributed by atoms with van der Waals surface area (Å²) < 4.78 is 29.0. The average molecular weight is 949 g/mol. The van der Waals surface area contributed by atoms with Crippen molar-refractivity contribution in [3.63, 3.8) is 0 Å². The second-order valence-electron chi connectivity index (χ2n) is 19.0. The lowest BCUT2D eigenvalue weighted by atomic mass is 9.29. The van der Waals surface area contributed by atoms with Crippen LogP contribution < -0.4 is 61.5 Å². The summed E-state index contributed by atoms with van der Waals surface area (Å²) in [5, 5.41) is 0. The first-order valence-corrected chi connectivity index (χ1v) is 25.1. The van der Waals surface area contributed by atoms with Crippen LogP contribution in [0.1, 0.15) is 0 Å². The molecule has 0 amide bonds. The van der Waals surface area contributed by atoms with Gasteiger partial charge in [0.2, 0.25) is 0 Å². The van der Waals surface area contributed by atoms with Crippen LogP contribution in [0.3, 0.4) is 0 Å². The summed E-state index contributed by atoms with van der Waals surface area (Å²) in [5.41, 5.74) is 16.9.